The molecule has 0 saturated carbocycles. The summed E-state index contributed by atoms with van der Waals surface area (Å²) < 4.78 is 26.1. The van der Waals surface area contributed by atoms with E-state index in [1.165, 1.54) is 0 Å². The minimum Gasteiger partial charge on any atom is -0.348 e. The summed E-state index contributed by atoms with van der Waals surface area (Å²) in [6.07, 6.45) is 1.16. The van der Waals surface area contributed by atoms with Crippen molar-refractivity contribution in [3.63, 3.8) is 0 Å². The number of amides is 1. The lowest BCUT2D eigenvalue weighted by atomic mass is 10.1. The minimum atomic E-state index is -3.28. The molecule has 1 aromatic heterocycles. The zero-order valence-corrected chi connectivity index (χ0v) is 17.4. The summed E-state index contributed by atoms with van der Waals surface area (Å²) in [6.45, 7) is 1.90. The Morgan fingerprint density at radius 1 is 1.19 bits per heavy atom. The highest BCUT2D eigenvalue weighted by Gasteiger charge is 2.18. The maximum atomic E-state index is 12.6. The van der Waals surface area contributed by atoms with Gasteiger partial charge in [-0.05, 0) is 30.7 Å². The topological polar surface area (TPSA) is 81.1 Å². The van der Waals surface area contributed by atoms with Gasteiger partial charge in [0.15, 0.2) is 9.84 Å². The highest BCUT2D eigenvalue weighted by Crippen LogP contribution is 2.23. The fraction of sp³-hybridized carbons (Fsp3) is 0.263. The number of hydrogen-bond acceptors (Lipinski definition) is 4. The first-order chi connectivity index (χ1) is 12.7. The number of rotatable bonds is 6. The van der Waals surface area contributed by atoms with Gasteiger partial charge in [-0.15, -0.1) is 0 Å². The summed E-state index contributed by atoms with van der Waals surface area (Å²) in [6, 6.07) is 14.8. The Morgan fingerprint density at radius 2 is 1.85 bits per heavy atom. The quantitative estimate of drug-likeness (QED) is 0.626. The van der Waals surface area contributed by atoms with E-state index in [0.717, 1.165) is 21.8 Å². The Kier molecular flexibility index (Phi) is 5.67. The van der Waals surface area contributed by atoms with Gasteiger partial charge in [0.05, 0.1) is 17.1 Å². The van der Waals surface area contributed by atoms with E-state index < -0.39 is 9.84 Å². The second-order valence-corrected chi connectivity index (χ2v) is 9.48. The molecule has 0 saturated heterocycles. The number of carbonyl (C=O) groups excluding carboxylic acids is 1. The summed E-state index contributed by atoms with van der Waals surface area (Å²) in [5, 5.41) is 2.96. The Morgan fingerprint density at radius 3 is 2.56 bits per heavy atom. The highest BCUT2D eigenvalue weighted by molar-refractivity contribution is 9.10. The molecular formula is C19H20BrN3O3S. The third-order valence-electron chi connectivity index (χ3n) is 4.18. The van der Waals surface area contributed by atoms with Crippen molar-refractivity contribution in [3.8, 4) is 0 Å². The van der Waals surface area contributed by atoms with Gasteiger partial charge < -0.3 is 9.88 Å². The van der Waals surface area contributed by atoms with Crippen LogP contribution in [0.5, 0.6) is 0 Å². The number of imidazole rings is 1. The summed E-state index contributed by atoms with van der Waals surface area (Å²) in [5.74, 6) is -0.0621. The van der Waals surface area contributed by atoms with Crippen molar-refractivity contribution in [2.45, 2.75) is 25.3 Å². The predicted octanol–water partition coefficient (Wildman–Crippen LogP) is 3.22. The smallest absolute Gasteiger partial charge is 0.240 e. The number of fused-ring (bicyclic) bond motifs is 1. The molecule has 3 aromatic rings. The number of hydrogen-bond donors (Lipinski definition) is 1. The molecule has 0 aliphatic carbocycles. The fourth-order valence-electron chi connectivity index (χ4n) is 2.98. The molecule has 0 aliphatic heterocycles. The van der Waals surface area contributed by atoms with Gasteiger partial charge in [0.1, 0.15) is 18.1 Å². The molecular weight excluding hydrogens is 430 g/mol. The number of para-hydroxylation sites is 2. The molecule has 0 aliphatic rings. The van der Waals surface area contributed by atoms with E-state index in [9.17, 15) is 13.2 Å². The molecule has 1 N–H and O–H groups in total. The van der Waals surface area contributed by atoms with Crippen LogP contribution < -0.4 is 5.32 Å². The standard InChI is InChI=1S/C19H20BrN3O3S/c1-13(14-7-3-4-8-15(14)20)21-19(24)11-23-17-10-6-5-9-16(17)22-18(23)12-27(2,25)26/h3-10,13H,11-12H2,1-2H3,(H,21,24). The molecule has 0 spiro atoms. The maximum Gasteiger partial charge on any atom is 0.240 e. The average molecular weight is 450 g/mol. The van der Waals surface area contributed by atoms with Crippen LogP contribution in [0, 0.1) is 0 Å². The molecule has 0 fully saturated rings. The number of benzene rings is 2. The van der Waals surface area contributed by atoms with Crippen LogP contribution in [0.4, 0.5) is 0 Å². The van der Waals surface area contributed by atoms with E-state index in [1.807, 2.05) is 49.4 Å². The van der Waals surface area contributed by atoms with Gasteiger partial charge in [-0.1, -0.05) is 46.3 Å². The van der Waals surface area contributed by atoms with Crippen LogP contribution in [0.2, 0.25) is 0 Å². The van der Waals surface area contributed by atoms with Crippen LogP contribution >= 0.6 is 15.9 Å². The van der Waals surface area contributed by atoms with Gasteiger partial charge >= 0.3 is 0 Å². The summed E-state index contributed by atoms with van der Waals surface area (Å²) in [4.78, 5) is 17.0. The van der Waals surface area contributed by atoms with Crippen LogP contribution in [0.1, 0.15) is 24.4 Å². The van der Waals surface area contributed by atoms with Crippen LogP contribution in [0.3, 0.4) is 0 Å². The number of carbonyl (C=O) groups is 1. The van der Waals surface area contributed by atoms with Crippen molar-refractivity contribution in [1.29, 1.82) is 0 Å². The molecule has 27 heavy (non-hydrogen) atoms. The van der Waals surface area contributed by atoms with E-state index >= 15 is 0 Å². The van der Waals surface area contributed by atoms with Crippen molar-refractivity contribution in [3.05, 3.63) is 64.4 Å². The summed E-state index contributed by atoms with van der Waals surface area (Å²) >= 11 is 3.49. The van der Waals surface area contributed by atoms with Crippen LogP contribution in [-0.2, 0) is 26.9 Å². The Balaban J connectivity index is 1.86. The first-order valence-electron chi connectivity index (χ1n) is 8.40. The molecule has 6 nitrogen and oxygen atoms in total. The Bertz CT molecular complexity index is 1090. The predicted molar refractivity (Wildman–Crippen MR) is 109 cm³/mol. The summed E-state index contributed by atoms with van der Waals surface area (Å²) in [7, 11) is -3.28. The maximum absolute atomic E-state index is 12.6. The summed E-state index contributed by atoms with van der Waals surface area (Å²) in [5.41, 5.74) is 2.38. The second kappa shape index (κ2) is 7.82. The molecule has 1 amide bonds. The minimum absolute atomic E-state index is 0.000158. The van der Waals surface area contributed by atoms with Crippen molar-refractivity contribution in [2.24, 2.45) is 0 Å². The third kappa shape index (κ3) is 4.75. The van der Waals surface area contributed by atoms with E-state index in [2.05, 4.69) is 26.2 Å². The van der Waals surface area contributed by atoms with Crippen molar-refractivity contribution >= 4 is 42.7 Å². The molecule has 1 heterocycles. The zero-order valence-electron chi connectivity index (χ0n) is 15.0. The lowest BCUT2D eigenvalue weighted by Crippen LogP contribution is -2.31. The van der Waals surface area contributed by atoms with E-state index in [0.29, 0.717) is 11.3 Å². The second-order valence-electron chi connectivity index (χ2n) is 6.48. The molecule has 3 rings (SSSR count). The van der Waals surface area contributed by atoms with Crippen LogP contribution in [-0.4, -0.2) is 30.1 Å². The number of sulfone groups is 1. The first-order valence-corrected chi connectivity index (χ1v) is 11.3. The molecule has 1 unspecified atom stereocenters. The van der Waals surface area contributed by atoms with E-state index in [1.54, 1.807) is 10.6 Å². The van der Waals surface area contributed by atoms with Gasteiger partial charge in [0.2, 0.25) is 5.91 Å². The highest BCUT2D eigenvalue weighted by atomic mass is 79.9. The number of nitrogens with one attached hydrogen (secondary N) is 1. The number of aromatic nitrogens is 2. The monoisotopic (exact) mass is 449 g/mol. The Labute approximate surface area is 166 Å². The van der Waals surface area contributed by atoms with Gasteiger partial charge in [-0.2, -0.15) is 0 Å². The Hall–Kier alpha value is -2.19. The normalized spacial score (nSPS) is 12.9. The molecule has 8 heteroatoms. The molecule has 1 atom stereocenters. The molecule has 142 valence electrons. The average Bonchev–Trinajstić information content (AvgIpc) is 2.90. The van der Waals surface area contributed by atoms with Crippen molar-refractivity contribution < 1.29 is 13.2 Å². The van der Waals surface area contributed by atoms with E-state index in [4.69, 9.17) is 0 Å². The largest absolute Gasteiger partial charge is 0.348 e. The lowest BCUT2D eigenvalue weighted by molar-refractivity contribution is -0.122. The molecule has 2 aromatic carbocycles. The van der Waals surface area contributed by atoms with Crippen molar-refractivity contribution in [2.75, 3.05) is 6.26 Å². The zero-order chi connectivity index (χ0) is 19.6. The number of halogens is 1. The number of nitrogens with zero attached hydrogens (tertiary/aromatic N) is 2. The van der Waals surface area contributed by atoms with E-state index in [-0.39, 0.29) is 24.2 Å². The van der Waals surface area contributed by atoms with Crippen LogP contribution in [0.15, 0.2) is 53.0 Å². The van der Waals surface area contributed by atoms with Gasteiger partial charge in [0, 0.05) is 10.7 Å². The third-order valence-corrected chi connectivity index (χ3v) is 5.68. The van der Waals surface area contributed by atoms with Crippen molar-refractivity contribution in [1.82, 2.24) is 14.9 Å². The van der Waals surface area contributed by atoms with Gasteiger partial charge in [0.25, 0.3) is 0 Å². The van der Waals surface area contributed by atoms with Crippen LogP contribution in [0.25, 0.3) is 11.0 Å². The lowest BCUT2D eigenvalue weighted by Gasteiger charge is -2.17. The first kappa shape index (κ1) is 19.6. The molecule has 0 radical (unpaired) electrons. The van der Waals surface area contributed by atoms with Gasteiger partial charge in [-0.3, -0.25) is 4.79 Å². The SMILES string of the molecule is CC(NC(=O)Cn1c(CS(C)(=O)=O)nc2ccccc21)c1ccccc1Br. The fourth-order valence-corrected chi connectivity index (χ4v) is 4.30. The van der Waals surface area contributed by atoms with Gasteiger partial charge in [-0.25, -0.2) is 13.4 Å². The molecule has 0 bridgehead atoms.